The maximum absolute atomic E-state index is 12.8. The SMILES string of the molecule is CC(C(=O)NC(C)(C)c1nccc2ccccc12)[C@@H]1CCCN1C. The van der Waals surface area contributed by atoms with Crippen molar-refractivity contribution in [3.63, 3.8) is 0 Å². The third kappa shape index (κ3) is 3.16. The summed E-state index contributed by atoms with van der Waals surface area (Å²) < 4.78 is 0. The second-order valence-electron chi connectivity index (χ2n) is 7.47. The lowest BCUT2D eigenvalue weighted by atomic mass is 9.92. The number of hydrogen-bond donors (Lipinski definition) is 1. The van der Waals surface area contributed by atoms with E-state index in [0.29, 0.717) is 6.04 Å². The van der Waals surface area contributed by atoms with Crippen molar-refractivity contribution in [3.05, 3.63) is 42.2 Å². The largest absolute Gasteiger partial charge is 0.345 e. The first-order valence-electron chi connectivity index (χ1n) is 8.76. The van der Waals surface area contributed by atoms with Gasteiger partial charge in [-0.25, -0.2) is 0 Å². The van der Waals surface area contributed by atoms with Crippen LogP contribution in [0.3, 0.4) is 0 Å². The molecule has 1 unspecified atom stereocenters. The smallest absolute Gasteiger partial charge is 0.225 e. The molecule has 4 nitrogen and oxygen atoms in total. The summed E-state index contributed by atoms with van der Waals surface area (Å²) in [5.74, 6) is 0.0836. The fourth-order valence-corrected chi connectivity index (χ4v) is 3.84. The molecule has 1 N–H and O–H groups in total. The van der Waals surface area contributed by atoms with Crippen LogP contribution in [0.4, 0.5) is 0 Å². The van der Waals surface area contributed by atoms with Crippen LogP contribution in [0.1, 0.15) is 39.3 Å². The van der Waals surface area contributed by atoms with Gasteiger partial charge in [0.25, 0.3) is 0 Å². The zero-order valence-electron chi connectivity index (χ0n) is 15.0. The molecule has 24 heavy (non-hydrogen) atoms. The summed E-state index contributed by atoms with van der Waals surface area (Å²) in [4.78, 5) is 19.7. The van der Waals surface area contributed by atoms with Crippen LogP contribution in [0.5, 0.6) is 0 Å². The first-order chi connectivity index (χ1) is 11.4. The quantitative estimate of drug-likeness (QED) is 0.938. The second kappa shape index (κ2) is 6.52. The van der Waals surface area contributed by atoms with E-state index < -0.39 is 5.54 Å². The Morgan fingerprint density at radius 3 is 2.79 bits per heavy atom. The average molecular weight is 325 g/mol. The van der Waals surface area contributed by atoms with E-state index in [9.17, 15) is 4.79 Å². The van der Waals surface area contributed by atoms with Crippen molar-refractivity contribution in [2.75, 3.05) is 13.6 Å². The molecule has 128 valence electrons. The number of benzene rings is 1. The van der Waals surface area contributed by atoms with E-state index in [1.54, 1.807) is 0 Å². The molecule has 1 fully saturated rings. The molecule has 1 saturated heterocycles. The van der Waals surface area contributed by atoms with Crippen LogP contribution < -0.4 is 5.32 Å². The summed E-state index contributed by atoms with van der Waals surface area (Å²) in [6.45, 7) is 7.18. The van der Waals surface area contributed by atoms with Crippen molar-refractivity contribution < 1.29 is 4.79 Å². The maximum atomic E-state index is 12.8. The number of fused-ring (bicyclic) bond motifs is 1. The van der Waals surface area contributed by atoms with Gasteiger partial charge in [-0.05, 0) is 51.7 Å². The summed E-state index contributed by atoms with van der Waals surface area (Å²) in [5, 5.41) is 5.47. The molecule has 0 bridgehead atoms. The van der Waals surface area contributed by atoms with E-state index in [0.717, 1.165) is 29.4 Å². The summed E-state index contributed by atoms with van der Waals surface area (Å²) in [7, 11) is 2.11. The molecule has 1 aliphatic heterocycles. The van der Waals surface area contributed by atoms with E-state index in [1.165, 1.54) is 6.42 Å². The molecule has 1 aliphatic rings. The van der Waals surface area contributed by atoms with E-state index >= 15 is 0 Å². The van der Waals surface area contributed by atoms with Crippen molar-refractivity contribution in [1.29, 1.82) is 0 Å². The minimum Gasteiger partial charge on any atom is -0.345 e. The van der Waals surface area contributed by atoms with Crippen molar-refractivity contribution >= 4 is 16.7 Å². The summed E-state index contributed by atoms with van der Waals surface area (Å²) in [6.07, 6.45) is 4.09. The van der Waals surface area contributed by atoms with Crippen LogP contribution in [0, 0.1) is 5.92 Å². The molecule has 0 spiro atoms. The minimum absolute atomic E-state index is 0.0215. The minimum atomic E-state index is -0.511. The van der Waals surface area contributed by atoms with Crippen LogP contribution in [0.25, 0.3) is 10.8 Å². The highest BCUT2D eigenvalue weighted by Gasteiger charge is 2.34. The number of likely N-dealkylation sites (tertiary alicyclic amines) is 1. The Morgan fingerprint density at radius 1 is 1.33 bits per heavy atom. The van der Waals surface area contributed by atoms with E-state index in [1.807, 2.05) is 45.2 Å². The Hall–Kier alpha value is -1.94. The second-order valence-corrected chi connectivity index (χ2v) is 7.47. The van der Waals surface area contributed by atoms with Gasteiger partial charge >= 0.3 is 0 Å². The lowest BCUT2D eigenvalue weighted by Gasteiger charge is -2.31. The number of pyridine rings is 1. The van der Waals surface area contributed by atoms with Gasteiger partial charge in [-0.15, -0.1) is 0 Å². The Bertz CT molecular complexity index is 735. The monoisotopic (exact) mass is 325 g/mol. The standard InChI is InChI=1S/C20H27N3O/c1-14(17-10-7-13-23(17)4)19(24)22-20(2,3)18-16-9-6-5-8-15(16)11-12-21-18/h5-6,8-9,11-12,14,17H,7,10,13H2,1-4H3,(H,22,24)/t14?,17-/m0/s1. The van der Waals surface area contributed by atoms with Gasteiger partial charge in [0.2, 0.25) is 5.91 Å². The van der Waals surface area contributed by atoms with Crippen LogP contribution in [-0.4, -0.2) is 35.4 Å². The third-order valence-electron chi connectivity index (χ3n) is 5.27. The molecule has 2 aromatic rings. The lowest BCUT2D eigenvalue weighted by Crippen LogP contribution is -2.48. The number of hydrogen-bond acceptors (Lipinski definition) is 3. The van der Waals surface area contributed by atoms with E-state index in [4.69, 9.17) is 0 Å². The summed E-state index contributed by atoms with van der Waals surface area (Å²) >= 11 is 0. The molecule has 0 aliphatic carbocycles. The first-order valence-corrected chi connectivity index (χ1v) is 8.76. The molecule has 3 rings (SSSR count). The highest BCUT2D eigenvalue weighted by atomic mass is 16.2. The van der Waals surface area contributed by atoms with Crippen LogP contribution in [0.2, 0.25) is 0 Å². The Kier molecular flexibility index (Phi) is 4.59. The molecule has 1 aromatic carbocycles. The number of aromatic nitrogens is 1. The summed E-state index contributed by atoms with van der Waals surface area (Å²) in [6, 6.07) is 10.5. The molecular formula is C20H27N3O. The number of nitrogens with one attached hydrogen (secondary N) is 1. The van der Waals surface area contributed by atoms with Gasteiger partial charge in [-0.1, -0.05) is 31.2 Å². The zero-order chi connectivity index (χ0) is 17.3. The molecule has 1 amide bonds. The van der Waals surface area contributed by atoms with Gasteiger partial charge in [0.1, 0.15) is 0 Å². The fraction of sp³-hybridized carbons (Fsp3) is 0.500. The van der Waals surface area contributed by atoms with Gasteiger partial charge in [0, 0.05) is 17.6 Å². The van der Waals surface area contributed by atoms with Crippen molar-refractivity contribution in [2.45, 2.75) is 45.2 Å². The average Bonchev–Trinajstić information content (AvgIpc) is 2.99. The predicted octanol–water partition coefficient (Wildman–Crippen LogP) is 3.32. The number of carbonyl (C=O) groups excluding carboxylic acids is 1. The molecule has 4 heteroatoms. The van der Waals surface area contributed by atoms with Gasteiger partial charge in [-0.3, -0.25) is 9.78 Å². The van der Waals surface area contributed by atoms with E-state index in [-0.39, 0.29) is 11.8 Å². The molecule has 1 aromatic heterocycles. The number of nitrogens with zero attached hydrogens (tertiary/aromatic N) is 2. The van der Waals surface area contributed by atoms with E-state index in [2.05, 4.69) is 34.4 Å². The topological polar surface area (TPSA) is 45.2 Å². The van der Waals surface area contributed by atoms with Crippen LogP contribution >= 0.6 is 0 Å². The molecule has 2 atom stereocenters. The first kappa shape index (κ1) is 16.9. The normalized spacial score (nSPS) is 20.2. The highest BCUT2D eigenvalue weighted by Crippen LogP contribution is 2.28. The number of rotatable bonds is 4. The Balaban J connectivity index is 1.83. The molecule has 0 saturated carbocycles. The van der Waals surface area contributed by atoms with Gasteiger partial charge in [-0.2, -0.15) is 0 Å². The van der Waals surface area contributed by atoms with Crippen LogP contribution in [-0.2, 0) is 10.3 Å². The zero-order valence-corrected chi connectivity index (χ0v) is 15.0. The van der Waals surface area contributed by atoms with Gasteiger partial charge in [0.05, 0.1) is 17.2 Å². The van der Waals surface area contributed by atoms with Crippen LogP contribution in [0.15, 0.2) is 36.5 Å². The summed E-state index contributed by atoms with van der Waals surface area (Å²) in [5.41, 5.74) is 0.407. The molecule has 2 heterocycles. The Morgan fingerprint density at radius 2 is 2.08 bits per heavy atom. The predicted molar refractivity (Wildman–Crippen MR) is 97.7 cm³/mol. The number of amides is 1. The van der Waals surface area contributed by atoms with Crippen molar-refractivity contribution in [3.8, 4) is 0 Å². The maximum Gasteiger partial charge on any atom is 0.225 e. The van der Waals surface area contributed by atoms with Gasteiger partial charge in [0.15, 0.2) is 0 Å². The van der Waals surface area contributed by atoms with Crippen molar-refractivity contribution in [1.82, 2.24) is 15.2 Å². The van der Waals surface area contributed by atoms with Gasteiger partial charge < -0.3 is 10.2 Å². The third-order valence-corrected chi connectivity index (χ3v) is 5.27. The number of carbonyl (C=O) groups is 1. The fourth-order valence-electron chi connectivity index (χ4n) is 3.84. The van der Waals surface area contributed by atoms with Crippen molar-refractivity contribution in [2.24, 2.45) is 5.92 Å². The highest BCUT2D eigenvalue weighted by molar-refractivity contribution is 5.86. The molecule has 0 radical (unpaired) electrons. The Labute approximate surface area is 144 Å². The lowest BCUT2D eigenvalue weighted by molar-refractivity contribution is -0.127. The molecular weight excluding hydrogens is 298 g/mol.